The van der Waals surface area contributed by atoms with Crippen LogP contribution in [0.3, 0.4) is 0 Å². The summed E-state index contributed by atoms with van der Waals surface area (Å²) in [5.41, 5.74) is 7.13. The van der Waals surface area contributed by atoms with Crippen LogP contribution in [-0.2, 0) is 4.74 Å². The number of aromatic amines is 1. The summed E-state index contributed by atoms with van der Waals surface area (Å²) >= 11 is 0. The van der Waals surface area contributed by atoms with Gasteiger partial charge in [-0.05, 0) is 24.8 Å². The average Bonchev–Trinajstić information content (AvgIpc) is 2.89. The van der Waals surface area contributed by atoms with Gasteiger partial charge in [-0.1, -0.05) is 0 Å². The maximum atomic E-state index is 11.2. The van der Waals surface area contributed by atoms with Crippen molar-refractivity contribution < 1.29 is 9.53 Å². The highest BCUT2D eigenvalue weighted by molar-refractivity contribution is 5.94. The molecular weight excluding hydrogens is 168 g/mol. The summed E-state index contributed by atoms with van der Waals surface area (Å²) in [5, 5.41) is 0. The van der Waals surface area contributed by atoms with Crippen LogP contribution in [0.2, 0.25) is 0 Å². The number of anilines is 1. The number of nitrogens with two attached hydrogens (primary N) is 1. The van der Waals surface area contributed by atoms with Crippen molar-refractivity contribution in [2.45, 2.75) is 18.8 Å². The molecule has 1 aromatic rings. The van der Waals surface area contributed by atoms with E-state index in [2.05, 4.69) is 9.72 Å². The zero-order valence-electron chi connectivity index (χ0n) is 7.46. The smallest absolute Gasteiger partial charge is 0.341 e. The molecule has 1 aliphatic rings. The third kappa shape index (κ3) is 1.39. The molecule has 0 radical (unpaired) electrons. The highest BCUT2D eigenvalue weighted by Gasteiger charge is 2.27. The molecular formula is C9H12N2O2. The molecule has 0 amide bonds. The van der Waals surface area contributed by atoms with Crippen molar-refractivity contribution in [3.63, 3.8) is 0 Å². The third-order valence-corrected chi connectivity index (χ3v) is 2.29. The van der Waals surface area contributed by atoms with Crippen LogP contribution in [0.25, 0.3) is 0 Å². The van der Waals surface area contributed by atoms with Crippen molar-refractivity contribution in [3.05, 3.63) is 17.3 Å². The van der Waals surface area contributed by atoms with Crippen LogP contribution in [0.15, 0.2) is 6.07 Å². The normalized spacial score (nSPS) is 15.8. The molecule has 1 fully saturated rings. The maximum Gasteiger partial charge on any atom is 0.341 e. The molecule has 2 rings (SSSR count). The van der Waals surface area contributed by atoms with Crippen LogP contribution < -0.4 is 5.73 Å². The molecule has 0 aliphatic heterocycles. The van der Waals surface area contributed by atoms with E-state index in [1.807, 2.05) is 0 Å². The van der Waals surface area contributed by atoms with Crippen LogP contribution in [-0.4, -0.2) is 18.1 Å². The Morgan fingerprint density at radius 3 is 2.92 bits per heavy atom. The zero-order chi connectivity index (χ0) is 9.42. The summed E-state index contributed by atoms with van der Waals surface area (Å²) in [7, 11) is 1.35. The number of H-pyrrole nitrogens is 1. The first-order valence-electron chi connectivity index (χ1n) is 4.29. The molecule has 1 saturated carbocycles. The second kappa shape index (κ2) is 2.80. The summed E-state index contributed by atoms with van der Waals surface area (Å²) < 4.78 is 4.59. The number of hydrogen-bond donors (Lipinski definition) is 2. The van der Waals surface area contributed by atoms with E-state index in [1.54, 1.807) is 6.07 Å². The molecule has 0 bridgehead atoms. The number of hydrogen-bond acceptors (Lipinski definition) is 3. The van der Waals surface area contributed by atoms with E-state index in [1.165, 1.54) is 20.0 Å². The zero-order valence-corrected chi connectivity index (χ0v) is 7.46. The number of carbonyl (C=O) groups is 1. The van der Waals surface area contributed by atoms with Gasteiger partial charge >= 0.3 is 5.97 Å². The van der Waals surface area contributed by atoms with E-state index in [0.717, 1.165) is 5.69 Å². The lowest BCUT2D eigenvalue weighted by atomic mass is 10.2. The number of nitrogens with one attached hydrogen (secondary N) is 1. The van der Waals surface area contributed by atoms with Gasteiger partial charge in [-0.3, -0.25) is 0 Å². The Balaban J connectivity index is 2.29. The first-order valence-corrected chi connectivity index (χ1v) is 4.29. The van der Waals surface area contributed by atoms with Gasteiger partial charge in [0.25, 0.3) is 0 Å². The highest BCUT2D eigenvalue weighted by atomic mass is 16.5. The molecule has 3 N–H and O–H groups in total. The summed E-state index contributed by atoms with van der Waals surface area (Å²) in [6.45, 7) is 0. The molecule has 1 heterocycles. The van der Waals surface area contributed by atoms with Gasteiger partial charge in [-0.2, -0.15) is 0 Å². The lowest BCUT2D eigenvalue weighted by Gasteiger charge is -1.94. The Morgan fingerprint density at radius 2 is 2.38 bits per heavy atom. The van der Waals surface area contributed by atoms with Gasteiger partial charge in [0.05, 0.1) is 7.11 Å². The molecule has 4 nitrogen and oxygen atoms in total. The second-order valence-electron chi connectivity index (χ2n) is 3.32. The lowest BCUT2D eigenvalue weighted by Crippen LogP contribution is -2.02. The summed E-state index contributed by atoms with van der Waals surface area (Å²) in [6.07, 6.45) is 2.36. The Kier molecular flexibility index (Phi) is 1.76. The van der Waals surface area contributed by atoms with E-state index in [0.29, 0.717) is 17.3 Å². The summed E-state index contributed by atoms with van der Waals surface area (Å²) in [6, 6.07) is 1.79. The van der Waals surface area contributed by atoms with Crippen molar-refractivity contribution in [1.82, 2.24) is 4.98 Å². The van der Waals surface area contributed by atoms with Crippen molar-refractivity contribution in [2.75, 3.05) is 12.8 Å². The van der Waals surface area contributed by atoms with Gasteiger partial charge in [0, 0.05) is 5.69 Å². The van der Waals surface area contributed by atoms with Crippen LogP contribution in [0, 0.1) is 0 Å². The number of nitrogen functional groups attached to an aromatic ring is 1. The minimum atomic E-state index is -0.374. The SMILES string of the molecule is COC(=O)c1cc(C2CC2)[nH]c1N. The minimum absolute atomic E-state index is 0.374. The van der Waals surface area contributed by atoms with Gasteiger partial charge < -0.3 is 15.5 Å². The predicted octanol–water partition coefficient (Wildman–Crippen LogP) is 1.26. The molecule has 0 aromatic carbocycles. The first-order chi connectivity index (χ1) is 6.22. The molecule has 4 heteroatoms. The Hall–Kier alpha value is -1.45. The van der Waals surface area contributed by atoms with Gasteiger partial charge in [0.1, 0.15) is 11.4 Å². The number of methoxy groups -OCH3 is 1. The topological polar surface area (TPSA) is 68.1 Å². The molecule has 0 saturated heterocycles. The largest absolute Gasteiger partial charge is 0.465 e. The number of ether oxygens (including phenoxy) is 1. The molecule has 0 unspecified atom stereocenters. The van der Waals surface area contributed by atoms with Crippen molar-refractivity contribution in [3.8, 4) is 0 Å². The molecule has 13 heavy (non-hydrogen) atoms. The quantitative estimate of drug-likeness (QED) is 0.673. The average molecular weight is 180 g/mol. The molecule has 1 aromatic heterocycles. The Morgan fingerprint density at radius 1 is 1.69 bits per heavy atom. The highest BCUT2D eigenvalue weighted by Crippen LogP contribution is 2.40. The number of rotatable bonds is 2. The van der Waals surface area contributed by atoms with E-state index < -0.39 is 0 Å². The van der Waals surface area contributed by atoms with Gasteiger partial charge in [0.2, 0.25) is 0 Å². The monoisotopic (exact) mass is 180 g/mol. The lowest BCUT2D eigenvalue weighted by molar-refractivity contribution is 0.0602. The van der Waals surface area contributed by atoms with E-state index in [9.17, 15) is 4.79 Å². The fourth-order valence-corrected chi connectivity index (χ4v) is 1.39. The van der Waals surface area contributed by atoms with Gasteiger partial charge in [-0.25, -0.2) is 4.79 Å². The standard InChI is InChI=1S/C9H12N2O2/c1-13-9(12)6-4-7(5-2-3-5)11-8(6)10/h4-5,11H,2-3,10H2,1H3. The number of carbonyl (C=O) groups excluding carboxylic acids is 1. The van der Waals surface area contributed by atoms with Crippen LogP contribution in [0.5, 0.6) is 0 Å². The predicted molar refractivity (Wildman–Crippen MR) is 48.5 cm³/mol. The van der Waals surface area contributed by atoms with Crippen molar-refractivity contribution >= 4 is 11.8 Å². The summed E-state index contributed by atoms with van der Waals surface area (Å²) in [4.78, 5) is 14.2. The fourth-order valence-electron chi connectivity index (χ4n) is 1.39. The number of aromatic nitrogens is 1. The van der Waals surface area contributed by atoms with E-state index in [4.69, 9.17) is 5.73 Å². The Labute approximate surface area is 76.1 Å². The fraction of sp³-hybridized carbons (Fsp3) is 0.444. The van der Waals surface area contributed by atoms with Gasteiger partial charge in [-0.15, -0.1) is 0 Å². The van der Waals surface area contributed by atoms with Crippen molar-refractivity contribution in [2.24, 2.45) is 0 Å². The Bertz CT molecular complexity index is 339. The minimum Gasteiger partial charge on any atom is -0.465 e. The third-order valence-electron chi connectivity index (χ3n) is 2.29. The molecule has 1 aliphatic carbocycles. The molecule has 70 valence electrons. The van der Waals surface area contributed by atoms with E-state index in [-0.39, 0.29) is 5.97 Å². The maximum absolute atomic E-state index is 11.2. The second-order valence-corrected chi connectivity index (χ2v) is 3.32. The van der Waals surface area contributed by atoms with Crippen LogP contribution in [0.4, 0.5) is 5.82 Å². The summed E-state index contributed by atoms with van der Waals surface area (Å²) in [5.74, 6) is 0.607. The first kappa shape index (κ1) is 8.16. The molecule has 0 atom stereocenters. The number of esters is 1. The van der Waals surface area contributed by atoms with Crippen LogP contribution in [0.1, 0.15) is 34.8 Å². The van der Waals surface area contributed by atoms with E-state index >= 15 is 0 Å². The molecule has 0 spiro atoms. The van der Waals surface area contributed by atoms with Gasteiger partial charge in [0.15, 0.2) is 0 Å². The van der Waals surface area contributed by atoms with Crippen LogP contribution >= 0.6 is 0 Å². The van der Waals surface area contributed by atoms with Crippen molar-refractivity contribution in [1.29, 1.82) is 0 Å².